The molecule has 0 aliphatic rings. The van der Waals surface area contributed by atoms with Crippen LogP contribution in [-0.2, 0) is 17.1 Å². The van der Waals surface area contributed by atoms with Crippen LogP contribution in [0.3, 0.4) is 0 Å². The van der Waals surface area contributed by atoms with Gasteiger partial charge in [-0.15, -0.1) is 0 Å². The largest absolute Gasteiger partial charge is 0.419 e. The van der Waals surface area contributed by atoms with Crippen molar-refractivity contribution in [2.24, 2.45) is 7.05 Å². The fourth-order valence-electron chi connectivity index (χ4n) is 1.80. The number of aromatic amines is 1. The first-order valence-corrected chi connectivity index (χ1v) is 7.06. The zero-order chi connectivity index (χ0) is 14.3. The monoisotopic (exact) mass is 294 g/mol. The molecule has 0 spiro atoms. The summed E-state index contributed by atoms with van der Waals surface area (Å²) in [6.07, 6.45) is 2.70. The van der Waals surface area contributed by atoms with Crippen molar-refractivity contribution in [1.29, 1.82) is 0 Å². The Bertz CT molecular complexity index is 921. The van der Waals surface area contributed by atoms with Gasteiger partial charge < -0.3 is 9.40 Å². The van der Waals surface area contributed by atoms with E-state index in [0.717, 1.165) is 0 Å². The lowest BCUT2D eigenvalue weighted by Gasteiger charge is -2.05. The number of hydrogen-bond acceptors (Lipinski definition) is 5. The van der Waals surface area contributed by atoms with Gasteiger partial charge in [0.15, 0.2) is 5.58 Å². The lowest BCUT2D eigenvalue weighted by Crippen LogP contribution is -2.13. The number of nitrogens with one attached hydrogen (secondary N) is 2. The van der Waals surface area contributed by atoms with Crippen LogP contribution in [0.2, 0.25) is 0 Å². The molecule has 0 saturated carbocycles. The van der Waals surface area contributed by atoms with Crippen molar-refractivity contribution in [3.8, 4) is 0 Å². The van der Waals surface area contributed by atoms with Gasteiger partial charge in [-0.3, -0.25) is 9.29 Å². The Morgan fingerprint density at radius 3 is 2.90 bits per heavy atom. The third-order valence-corrected chi connectivity index (χ3v) is 4.18. The number of nitrogens with zero attached hydrogens (tertiary/aromatic N) is 2. The molecule has 2 aromatic heterocycles. The first-order valence-electron chi connectivity index (χ1n) is 5.58. The number of anilines is 1. The van der Waals surface area contributed by atoms with E-state index in [-0.39, 0.29) is 16.3 Å². The van der Waals surface area contributed by atoms with Gasteiger partial charge in [-0.25, -0.2) is 18.2 Å². The summed E-state index contributed by atoms with van der Waals surface area (Å²) in [7, 11) is -2.22. The molecule has 0 atom stereocenters. The average Bonchev–Trinajstić information content (AvgIpc) is 2.98. The Hall–Kier alpha value is -2.55. The summed E-state index contributed by atoms with van der Waals surface area (Å²) in [6, 6.07) is 4.22. The lowest BCUT2D eigenvalue weighted by atomic mass is 10.3. The minimum Gasteiger partial charge on any atom is -0.408 e. The van der Waals surface area contributed by atoms with Gasteiger partial charge in [0.05, 0.1) is 22.9 Å². The van der Waals surface area contributed by atoms with Gasteiger partial charge in [0.2, 0.25) is 0 Å². The molecule has 9 heteroatoms. The molecular weight excluding hydrogens is 284 g/mol. The van der Waals surface area contributed by atoms with Crippen LogP contribution in [0.1, 0.15) is 0 Å². The van der Waals surface area contributed by atoms with Gasteiger partial charge in [0.25, 0.3) is 10.0 Å². The van der Waals surface area contributed by atoms with Crippen LogP contribution >= 0.6 is 0 Å². The van der Waals surface area contributed by atoms with Gasteiger partial charge >= 0.3 is 5.76 Å². The third kappa shape index (κ3) is 1.97. The number of aryl methyl sites for hydroxylation is 1. The van der Waals surface area contributed by atoms with Crippen molar-refractivity contribution >= 4 is 26.9 Å². The van der Waals surface area contributed by atoms with E-state index in [1.165, 1.54) is 35.3 Å². The number of aromatic nitrogens is 3. The highest BCUT2D eigenvalue weighted by Gasteiger charge is 2.17. The van der Waals surface area contributed by atoms with Gasteiger partial charge in [-0.1, -0.05) is 0 Å². The second-order valence-corrected chi connectivity index (χ2v) is 5.81. The summed E-state index contributed by atoms with van der Waals surface area (Å²) < 4.78 is 32.9. The molecule has 0 fully saturated rings. The van der Waals surface area contributed by atoms with E-state index in [9.17, 15) is 13.2 Å². The molecule has 3 rings (SSSR count). The van der Waals surface area contributed by atoms with E-state index >= 15 is 0 Å². The topological polar surface area (TPSA) is 110 Å². The van der Waals surface area contributed by atoms with E-state index in [1.807, 2.05) is 0 Å². The maximum Gasteiger partial charge on any atom is 0.419 e. The summed E-state index contributed by atoms with van der Waals surface area (Å²) >= 11 is 0. The van der Waals surface area contributed by atoms with Crippen LogP contribution in [0.5, 0.6) is 0 Å². The standard InChI is InChI=1S/C11H10N4O4S/c1-15-8-3-2-7(4-9(8)19-11(15)16)20(17,18)14-10-5-12-6-13-10/h2-6,14H,1H3,(H,12,13). The molecule has 0 amide bonds. The van der Waals surface area contributed by atoms with Crippen LogP contribution in [0.4, 0.5) is 5.82 Å². The second kappa shape index (κ2) is 4.23. The molecule has 0 bridgehead atoms. The molecule has 1 aromatic carbocycles. The van der Waals surface area contributed by atoms with Crippen molar-refractivity contribution < 1.29 is 12.8 Å². The zero-order valence-corrected chi connectivity index (χ0v) is 11.1. The van der Waals surface area contributed by atoms with E-state index in [1.54, 1.807) is 7.05 Å². The first kappa shape index (κ1) is 12.5. The van der Waals surface area contributed by atoms with Gasteiger partial charge in [-0.2, -0.15) is 0 Å². The molecule has 0 unspecified atom stereocenters. The molecule has 0 aliphatic carbocycles. The van der Waals surface area contributed by atoms with E-state index in [2.05, 4.69) is 14.7 Å². The van der Waals surface area contributed by atoms with Crippen molar-refractivity contribution in [1.82, 2.24) is 14.5 Å². The highest BCUT2D eigenvalue weighted by atomic mass is 32.2. The summed E-state index contributed by atoms with van der Waals surface area (Å²) in [4.78, 5) is 17.7. The Morgan fingerprint density at radius 2 is 2.20 bits per heavy atom. The van der Waals surface area contributed by atoms with E-state index < -0.39 is 15.8 Å². The Balaban J connectivity index is 2.07. The number of fused-ring (bicyclic) bond motifs is 1. The summed E-state index contributed by atoms with van der Waals surface area (Å²) in [6.45, 7) is 0. The number of H-pyrrole nitrogens is 1. The Morgan fingerprint density at radius 1 is 1.40 bits per heavy atom. The molecule has 0 radical (unpaired) electrons. The normalized spacial score (nSPS) is 11.8. The summed E-state index contributed by atoms with van der Waals surface area (Å²) in [5, 5.41) is 0. The number of oxazole rings is 1. The number of sulfonamides is 1. The molecule has 2 heterocycles. The van der Waals surface area contributed by atoms with E-state index in [4.69, 9.17) is 4.42 Å². The minimum absolute atomic E-state index is 0.00560. The average molecular weight is 294 g/mol. The zero-order valence-electron chi connectivity index (χ0n) is 10.3. The SMILES string of the molecule is Cn1c(=O)oc2cc(S(=O)(=O)Nc3cnc[nH]3)ccc21. The van der Waals surface area contributed by atoms with Crippen LogP contribution in [0, 0.1) is 0 Å². The number of hydrogen-bond donors (Lipinski definition) is 2. The van der Waals surface area contributed by atoms with Crippen LogP contribution in [0.15, 0.2) is 44.8 Å². The molecule has 20 heavy (non-hydrogen) atoms. The van der Waals surface area contributed by atoms with Crippen molar-refractivity contribution in [3.05, 3.63) is 41.3 Å². The maximum absolute atomic E-state index is 12.1. The van der Waals surface area contributed by atoms with Crippen molar-refractivity contribution in [2.75, 3.05) is 4.72 Å². The quantitative estimate of drug-likeness (QED) is 0.737. The predicted molar refractivity (Wildman–Crippen MR) is 70.9 cm³/mol. The van der Waals surface area contributed by atoms with Crippen LogP contribution < -0.4 is 10.5 Å². The fourth-order valence-corrected chi connectivity index (χ4v) is 2.83. The molecule has 104 valence electrons. The molecule has 8 nitrogen and oxygen atoms in total. The number of rotatable bonds is 3. The lowest BCUT2D eigenvalue weighted by molar-refractivity contribution is 0.527. The smallest absolute Gasteiger partial charge is 0.408 e. The van der Waals surface area contributed by atoms with Crippen LogP contribution in [-0.4, -0.2) is 23.0 Å². The first-order chi connectivity index (χ1) is 9.47. The number of imidazole rings is 1. The maximum atomic E-state index is 12.1. The fraction of sp³-hybridized carbons (Fsp3) is 0.0909. The second-order valence-electron chi connectivity index (χ2n) is 4.13. The Labute approximate surface area is 113 Å². The summed E-state index contributed by atoms with van der Waals surface area (Å²) in [5.41, 5.74) is 0.737. The number of benzene rings is 1. The van der Waals surface area contributed by atoms with Gasteiger partial charge in [0.1, 0.15) is 5.82 Å². The highest BCUT2D eigenvalue weighted by molar-refractivity contribution is 7.92. The summed E-state index contributed by atoms with van der Waals surface area (Å²) in [5.74, 6) is -0.296. The molecule has 2 N–H and O–H groups in total. The van der Waals surface area contributed by atoms with Gasteiger partial charge in [-0.05, 0) is 12.1 Å². The van der Waals surface area contributed by atoms with Crippen LogP contribution in [0.25, 0.3) is 11.1 Å². The Kier molecular flexibility index (Phi) is 2.64. The molecular formula is C11H10N4O4S. The molecule has 0 saturated heterocycles. The minimum atomic E-state index is -3.77. The van der Waals surface area contributed by atoms with Gasteiger partial charge in [0, 0.05) is 13.1 Å². The van der Waals surface area contributed by atoms with Crippen molar-refractivity contribution in [2.45, 2.75) is 4.90 Å². The molecule has 3 aromatic rings. The highest BCUT2D eigenvalue weighted by Crippen LogP contribution is 2.19. The van der Waals surface area contributed by atoms with Crippen molar-refractivity contribution in [3.63, 3.8) is 0 Å². The predicted octanol–water partition coefficient (Wildman–Crippen LogP) is 0.655. The molecule has 0 aliphatic heterocycles. The van der Waals surface area contributed by atoms with E-state index in [0.29, 0.717) is 5.52 Å². The third-order valence-electron chi connectivity index (χ3n) is 2.82.